The Bertz CT molecular complexity index is 800. The number of carbonyl (C=O) groups is 1. The first-order valence-corrected chi connectivity index (χ1v) is 8.30. The van der Waals surface area contributed by atoms with Gasteiger partial charge >= 0.3 is 6.18 Å². The lowest BCUT2D eigenvalue weighted by atomic mass is 10.1. The van der Waals surface area contributed by atoms with Crippen LogP contribution in [0.2, 0.25) is 0 Å². The number of methoxy groups -OCH3 is 3. The highest BCUT2D eigenvalue weighted by atomic mass is 19.4. The smallest absolute Gasteiger partial charge is 0.418 e. The van der Waals surface area contributed by atoms with Gasteiger partial charge in [-0.3, -0.25) is 4.79 Å². The molecule has 0 bridgehead atoms. The van der Waals surface area contributed by atoms with E-state index in [1.54, 1.807) is 12.1 Å². The van der Waals surface area contributed by atoms with Crippen molar-refractivity contribution in [1.82, 2.24) is 0 Å². The van der Waals surface area contributed by atoms with Crippen LogP contribution in [0.25, 0.3) is 0 Å². The van der Waals surface area contributed by atoms with Gasteiger partial charge in [0.05, 0.1) is 32.6 Å². The number of benzene rings is 2. The second kappa shape index (κ2) is 9.20. The summed E-state index contributed by atoms with van der Waals surface area (Å²) < 4.78 is 54.6. The highest BCUT2D eigenvalue weighted by Gasteiger charge is 2.33. The largest absolute Gasteiger partial charge is 0.493 e. The molecule has 0 radical (unpaired) electrons. The van der Waals surface area contributed by atoms with E-state index in [4.69, 9.17) is 14.2 Å². The van der Waals surface area contributed by atoms with Gasteiger partial charge in [-0.2, -0.15) is 13.2 Å². The molecule has 28 heavy (non-hydrogen) atoms. The lowest BCUT2D eigenvalue weighted by Crippen LogP contribution is -2.19. The molecule has 152 valence electrons. The van der Waals surface area contributed by atoms with E-state index in [2.05, 4.69) is 10.6 Å². The molecule has 6 nitrogen and oxygen atoms in total. The number of ether oxygens (including phenoxy) is 3. The molecule has 0 aliphatic carbocycles. The predicted octanol–water partition coefficient (Wildman–Crippen LogP) is 4.17. The number of rotatable bonds is 8. The molecule has 0 aromatic heterocycles. The number of halogens is 3. The number of hydrogen-bond donors (Lipinski definition) is 2. The summed E-state index contributed by atoms with van der Waals surface area (Å²) in [5.41, 5.74) is -0.549. The number of anilines is 2. The van der Waals surface area contributed by atoms with Crippen LogP contribution in [0.15, 0.2) is 36.4 Å². The van der Waals surface area contributed by atoms with Crippen LogP contribution in [0.3, 0.4) is 0 Å². The van der Waals surface area contributed by atoms with Crippen LogP contribution >= 0.6 is 0 Å². The van der Waals surface area contributed by atoms with E-state index >= 15 is 0 Å². The van der Waals surface area contributed by atoms with Gasteiger partial charge in [0, 0.05) is 30.8 Å². The Labute approximate surface area is 160 Å². The first-order chi connectivity index (χ1) is 13.3. The van der Waals surface area contributed by atoms with Gasteiger partial charge in [-0.25, -0.2) is 0 Å². The molecule has 0 unspecified atom stereocenters. The minimum absolute atomic E-state index is 0.0388. The van der Waals surface area contributed by atoms with Gasteiger partial charge in [0.1, 0.15) is 0 Å². The molecule has 2 rings (SSSR count). The zero-order chi connectivity index (χ0) is 20.7. The number of hydrogen-bond acceptors (Lipinski definition) is 5. The van der Waals surface area contributed by atoms with Crippen molar-refractivity contribution in [3.05, 3.63) is 42.0 Å². The lowest BCUT2D eigenvalue weighted by Gasteiger charge is -2.15. The fourth-order valence-electron chi connectivity index (χ4n) is 2.56. The quantitative estimate of drug-likeness (QED) is 0.699. The van der Waals surface area contributed by atoms with Crippen LogP contribution in [0.1, 0.15) is 12.0 Å². The van der Waals surface area contributed by atoms with Crippen LogP contribution in [0, 0.1) is 0 Å². The topological polar surface area (TPSA) is 68.8 Å². The van der Waals surface area contributed by atoms with Crippen molar-refractivity contribution < 1.29 is 32.2 Å². The van der Waals surface area contributed by atoms with Crippen molar-refractivity contribution in [3.8, 4) is 17.2 Å². The fourth-order valence-corrected chi connectivity index (χ4v) is 2.56. The van der Waals surface area contributed by atoms with Gasteiger partial charge in [0.2, 0.25) is 11.7 Å². The predicted molar refractivity (Wildman–Crippen MR) is 99.3 cm³/mol. The zero-order valence-electron chi connectivity index (χ0n) is 15.6. The second-order valence-electron chi connectivity index (χ2n) is 5.68. The average molecular weight is 398 g/mol. The van der Waals surface area contributed by atoms with Crippen molar-refractivity contribution in [2.45, 2.75) is 12.6 Å². The Morgan fingerprint density at radius 2 is 1.61 bits per heavy atom. The summed E-state index contributed by atoms with van der Waals surface area (Å²) >= 11 is 0. The third-order valence-electron chi connectivity index (χ3n) is 3.85. The van der Waals surface area contributed by atoms with Gasteiger partial charge in [0.15, 0.2) is 11.5 Å². The van der Waals surface area contributed by atoms with Crippen LogP contribution in [-0.4, -0.2) is 33.8 Å². The van der Waals surface area contributed by atoms with Crippen LogP contribution in [0.4, 0.5) is 24.5 Å². The van der Waals surface area contributed by atoms with Crippen LogP contribution in [-0.2, 0) is 11.0 Å². The molecule has 2 aromatic carbocycles. The van der Waals surface area contributed by atoms with E-state index < -0.39 is 17.6 Å². The Hall–Kier alpha value is -3.10. The summed E-state index contributed by atoms with van der Waals surface area (Å²) in [4.78, 5) is 12.0. The minimum Gasteiger partial charge on any atom is -0.493 e. The Kier molecular flexibility index (Phi) is 6.97. The number of nitrogens with one attached hydrogen (secondary N) is 2. The third kappa shape index (κ3) is 5.21. The molecule has 0 spiro atoms. The van der Waals surface area contributed by atoms with E-state index in [1.165, 1.54) is 39.5 Å². The summed E-state index contributed by atoms with van der Waals surface area (Å²) in [6, 6.07) is 8.16. The molecule has 0 atom stereocenters. The summed E-state index contributed by atoms with van der Waals surface area (Å²) in [6.45, 7) is 0.193. The summed E-state index contributed by atoms with van der Waals surface area (Å²) in [5, 5.41) is 5.31. The number of para-hydroxylation sites is 1. The van der Waals surface area contributed by atoms with Crippen molar-refractivity contribution in [1.29, 1.82) is 0 Å². The average Bonchev–Trinajstić information content (AvgIpc) is 2.66. The molecule has 9 heteroatoms. The molecular weight excluding hydrogens is 377 g/mol. The van der Waals surface area contributed by atoms with Gasteiger partial charge in [-0.1, -0.05) is 12.1 Å². The van der Waals surface area contributed by atoms with E-state index in [0.29, 0.717) is 22.9 Å². The first kappa shape index (κ1) is 21.2. The zero-order valence-corrected chi connectivity index (χ0v) is 15.6. The molecule has 0 aliphatic rings. The maximum Gasteiger partial charge on any atom is 0.418 e. The van der Waals surface area contributed by atoms with Gasteiger partial charge in [0.25, 0.3) is 0 Å². The van der Waals surface area contributed by atoms with E-state index in [0.717, 1.165) is 6.07 Å². The number of carbonyl (C=O) groups excluding carboxylic acids is 1. The number of alkyl halides is 3. The molecule has 1 amide bonds. The van der Waals surface area contributed by atoms with Crippen molar-refractivity contribution >= 4 is 17.3 Å². The highest BCUT2D eigenvalue weighted by molar-refractivity contribution is 5.91. The molecular formula is C19H21F3N2O4. The van der Waals surface area contributed by atoms with E-state index in [9.17, 15) is 18.0 Å². The standard InChI is InChI=1S/C19H21F3N2O4/c1-26-15-10-12(11-16(27-2)18(15)28-3)23-9-8-17(25)24-14-7-5-4-6-13(14)19(20,21)22/h4-7,10-11,23H,8-9H2,1-3H3,(H,24,25). The lowest BCUT2D eigenvalue weighted by molar-refractivity contribution is -0.137. The second-order valence-corrected chi connectivity index (χ2v) is 5.68. The normalized spacial score (nSPS) is 10.9. The Morgan fingerprint density at radius 1 is 1.00 bits per heavy atom. The number of amides is 1. The maximum atomic E-state index is 13.0. The summed E-state index contributed by atoms with van der Waals surface area (Å²) in [6.07, 6.45) is -4.58. The Balaban J connectivity index is 2.00. The van der Waals surface area contributed by atoms with Crippen molar-refractivity contribution in [2.75, 3.05) is 38.5 Å². The minimum atomic E-state index is -4.54. The molecule has 2 aromatic rings. The molecule has 2 N–H and O–H groups in total. The third-order valence-corrected chi connectivity index (χ3v) is 3.85. The summed E-state index contributed by atoms with van der Waals surface area (Å²) in [7, 11) is 4.44. The van der Waals surface area contributed by atoms with Gasteiger partial charge in [-0.05, 0) is 12.1 Å². The molecule has 0 aliphatic heterocycles. The molecule has 0 saturated heterocycles. The van der Waals surface area contributed by atoms with Gasteiger partial charge < -0.3 is 24.8 Å². The first-order valence-electron chi connectivity index (χ1n) is 8.30. The fraction of sp³-hybridized carbons (Fsp3) is 0.316. The monoisotopic (exact) mass is 398 g/mol. The maximum absolute atomic E-state index is 13.0. The van der Waals surface area contributed by atoms with Crippen LogP contribution < -0.4 is 24.8 Å². The molecule has 0 fully saturated rings. The highest BCUT2D eigenvalue weighted by Crippen LogP contribution is 2.40. The van der Waals surface area contributed by atoms with E-state index in [-0.39, 0.29) is 18.7 Å². The van der Waals surface area contributed by atoms with Crippen molar-refractivity contribution in [3.63, 3.8) is 0 Å². The van der Waals surface area contributed by atoms with Gasteiger partial charge in [-0.15, -0.1) is 0 Å². The SMILES string of the molecule is COc1cc(NCCC(=O)Nc2ccccc2C(F)(F)F)cc(OC)c1OC. The molecule has 0 saturated carbocycles. The van der Waals surface area contributed by atoms with Crippen LogP contribution in [0.5, 0.6) is 17.2 Å². The Morgan fingerprint density at radius 3 is 2.14 bits per heavy atom. The molecule has 0 heterocycles. The van der Waals surface area contributed by atoms with Crippen molar-refractivity contribution in [2.24, 2.45) is 0 Å². The van der Waals surface area contributed by atoms with E-state index in [1.807, 2.05) is 0 Å². The summed E-state index contributed by atoms with van der Waals surface area (Å²) in [5.74, 6) is 0.759.